The van der Waals surface area contributed by atoms with Gasteiger partial charge in [-0.2, -0.15) is 0 Å². The number of carbonyl (C=O) groups excluding carboxylic acids is 2. The van der Waals surface area contributed by atoms with Gasteiger partial charge < -0.3 is 10.2 Å². The highest BCUT2D eigenvalue weighted by atomic mass is 19.1. The average Bonchev–Trinajstić information content (AvgIpc) is 2.87. The number of rotatable bonds is 4. The number of hydrogen-bond acceptors (Lipinski definition) is 4. The highest BCUT2D eigenvalue weighted by Gasteiger charge is 2.44. The van der Waals surface area contributed by atoms with Crippen molar-refractivity contribution in [2.75, 3.05) is 4.90 Å². The summed E-state index contributed by atoms with van der Waals surface area (Å²) >= 11 is 0. The second-order valence-electron chi connectivity index (χ2n) is 5.77. The van der Waals surface area contributed by atoms with E-state index in [1.165, 1.54) is 49.4 Å². The monoisotopic (exact) mass is 355 g/mol. The van der Waals surface area contributed by atoms with Gasteiger partial charge >= 0.3 is 5.97 Å². The van der Waals surface area contributed by atoms with Crippen molar-refractivity contribution in [2.24, 2.45) is 0 Å². The lowest BCUT2D eigenvalue weighted by atomic mass is 9.96. The molecule has 0 saturated carbocycles. The van der Waals surface area contributed by atoms with E-state index in [2.05, 4.69) is 0 Å². The number of Topliss-reactive ketones (excluding diaryl/α,β-unsaturated/α-hetero) is 1. The van der Waals surface area contributed by atoms with Gasteiger partial charge in [-0.3, -0.25) is 14.5 Å². The maximum atomic E-state index is 14.4. The molecule has 0 spiro atoms. The number of ketones is 1. The maximum absolute atomic E-state index is 14.4. The summed E-state index contributed by atoms with van der Waals surface area (Å²) in [4.78, 5) is 36.9. The van der Waals surface area contributed by atoms with Crippen molar-refractivity contribution in [2.45, 2.75) is 13.0 Å². The Labute approximate surface area is 147 Å². The van der Waals surface area contributed by atoms with Gasteiger partial charge in [0.2, 0.25) is 0 Å². The summed E-state index contributed by atoms with van der Waals surface area (Å²) in [5.41, 5.74) is -0.166. The molecule has 1 aliphatic rings. The molecule has 2 aromatic rings. The normalized spacial score (nSPS) is 16.9. The topological polar surface area (TPSA) is 94.9 Å². The van der Waals surface area contributed by atoms with E-state index in [1.54, 1.807) is 6.07 Å². The number of aliphatic hydroxyl groups is 1. The summed E-state index contributed by atoms with van der Waals surface area (Å²) in [5.74, 6) is -4.11. The predicted octanol–water partition coefficient (Wildman–Crippen LogP) is 3.01. The first kappa shape index (κ1) is 17.3. The molecule has 0 bridgehead atoms. The van der Waals surface area contributed by atoms with Crippen molar-refractivity contribution in [3.63, 3.8) is 0 Å². The Balaban J connectivity index is 2.22. The lowest BCUT2D eigenvalue weighted by molar-refractivity contribution is -0.117. The Hall–Kier alpha value is -3.48. The van der Waals surface area contributed by atoms with Crippen molar-refractivity contribution in [3.05, 3.63) is 76.8 Å². The molecule has 1 aliphatic heterocycles. The SMILES string of the molecule is CC(=O)C1=C(O)C(=O)N(c2cccc(C(=O)O)c2)[C@@H]1c1ccccc1F. The van der Waals surface area contributed by atoms with Gasteiger partial charge in [0, 0.05) is 11.3 Å². The third-order valence-electron chi connectivity index (χ3n) is 4.16. The Morgan fingerprint density at radius 3 is 2.42 bits per heavy atom. The number of nitrogens with zero attached hydrogens (tertiary/aromatic N) is 1. The van der Waals surface area contributed by atoms with Gasteiger partial charge in [-0.1, -0.05) is 24.3 Å². The summed E-state index contributed by atoms with van der Waals surface area (Å²) in [5, 5.41) is 19.3. The van der Waals surface area contributed by atoms with Gasteiger partial charge in [-0.25, -0.2) is 9.18 Å². The fraction of sp³-hybridized carbons (Fsp3) is 0.105. The van der Waals surface area contributed by atoms with Crippen LogP contribution in [0, 0.1) is 5.82 Å². The van der Waals surface area contributed by atoms with Crippen LogP contribution in [0.2, 0.25) is 0 Å². The van der Waals surface area contributed by atoms with Crippen molar-refractivity contribution >= 4 is 23.3 Å². The van der Waals surface area contributed by atoms with E-state index in [0.717, 1.165) is 4.90 Å². The molecule has 0 fully saturated rings. The fourth-order valence-electron chi connectivity index (χ4n) is 3.01. The minimum absolute atomic E-state index is 0.0239. The van der Waals surface area contributed by atoms with E-state index in [9.17, 15) is 23.9 Å². The Kier molecular flexibility index (Phi) is 4.29. The predicted molar refractivity (Wildman–Crippen MR) is 90.4 cm³/mol. The molecule has 7 heteroatoms. The van der Waals surface area contributed by atoms with E-state index >= 15 is 0 Å². The van der Waals surface area contributed by atoms with E-state index < -0.39 is 35.3 Å². The zero-order chi connectivity index (χ0) is 19.0. The minimum atomic E-state index is -1.20. The van der Waals surface area contributed by atoms with Gasteiger partial charge in [-0.15, -0.1) is 0 Å². The lowest BCUT2D eigenvalue weighted by Gasteiger charge is -2.27. The number of amides is 1. The van der Waals surface area contributed by atoms with Gasteiger partial charge in [0.15, 0.2) is 11.5 Å². The first-order valence-corrected chi connectivity index (χ1v) is 7.68. The Morgan fingerprint density at radius 2 is 1.81 bits per heavy atom. The average molecular weight is 355 g/mol. The molecule has 26 heavy (non-hydrogen) atoms. The molecule has 1 amide bonds. The number of aromatic carboxylic acids is 1. The Morgan fingerprint density at radius 1 is 1.12 bits per heavy atom. The number of hydrogen-bond donors (Lipinski definition) is 2. The van der Waals surface area contributed by atoms with Crippen molar-refractivity contribution in [1.29, 1.82) is 0 Å². The highest BCUT2D eigenvalue weighted by molar-refractivity contribution is 6.16. The van der Waals surface area contributed by atoms with E-state index in [0.29, 0.717) is 0 Å². The van der Waals surface area contributed by atoms with Crippen molar-refractivity contribution in [3.8, 4) is 0 Å². The number of anilines is 1. The van der Waals surface area contributed by atoms with Gasteiger partial charge in [0.1, 0.15) is 5.82 Å². The molecule has 6 nitrogen and oxygen atoms in total. The van der Waals surface area contributed by atoms with Crippen molar-refractivity contribution < 1.29 is 29.0 Å². The molecule has 0 saturated heterocycles. The third-order valence-corrected chi connectivity index (χ3v) is 4.16. The van der Waals surface area contributed by atoms with Crippen LogP contribution in [0.3, 0.4) is 0 Å². The fourth-order valence-corrected chi connectivity index (χ4v) is 3.01. The van der Waals surface area contributed by atoms with E-state index in [-0.39, 0.29) is 22.4 Å². The van der Waals surface area contributed by atoms with Crippen LogP contribution >= 0.6 is 0 Å². The summed E-state index contributed by atoms with van der Waals surface area (Å²) in [6.07, 6.45) is 0. The molecule has 1 atom stereocenters. The number of halogens is 1. The van der Waals surface area contributed by atoms with Gasteiger partial charge in [0.25, 0.3) is 5.91 Å². The van der Waals surface area contributed by atoms with Crippen LogP contribution in [-0.4, -0.2) is 27.9 Å². The lowest BCUT2D eigenvalue weighted by Crippen LogP contribution is -2.31. The molecule has 132 valence electrons. The zero-order valence-electron chi connectivity index (χ0n) is 13.6. The summed E-state index contributed by atoms with van der Waals surface area (Å²) in [6, 6.07) is 9.84. The number of carboxylic acid groups (broad SMARTS) is 1. The van der Waals surface area contributed by atoms with Crippen LogP contribution in [0.15, 0.2) is 59.9 Å². The van der Waals surface area contributed by atoms with Gasteiger partial charge in [0.05, 0.1) is 17.2 Å². The van der Waals surface area contributed by atoms with Crippen LogP contribution in [0.4, 0.5) is 10.1 Å². The standard InChI is InChI=1S/C19H14FNO5/c1-10(22)15-16(13-7-2-3-8-14(13)20)21(18(24)17(15)23)12-6-4-5-11(9-12)19(25)26/h2-9,16,23H,1H3,(H,25,26)/t16-/m1/s1. The smallest absolute Gasteiger partial charge is 0.335 e. The first-order valence-electron chi connectivity index (χ1n) is 7.68. The third kappa shape index (κ3) is 2.73. The number of benzene rings is 2. The molecule has 3 rings (SSSR count). The maximum Gasteiger partial charge on any atom is 0.335 e. The Bertz CT molecular complexity index is 966. The van der Waals surface area contributed by atoms with Crippen LogP contribution in [0.25, 0.3) is 0 Å². The highest BCUT2D eigenvalue weighted by Crippen LogP contribution is 2.41. The summed E-state index contributed by atoms with van der Waals surface area (Å²) in [6.45, 7) is 1.17. The second kappa shape index (κ2) is 6.44. The largest absolute Gasteiger partial charge is 0.503 e. The quantitative estimate of drug-likeness (QED) is 0.879. The molecule has 2 aromatic carbocycles. The first-order chi connectivity index (χ1) is 12.3. The number of carboxylic acids is 1. The number of carbonyl (C=O) groups is 3. The van der Waals surface area contributed by atoms with Crippen LogP contribution in [0.1, 0.15) is 28.9 Å². The van der Waals surface area contributed by atoms with Gasteiger partial charge in [-0.05, 0) is 31.2 Å². The molecular weight excluding hydrogens is 341 g/mol. The molecular formula is C19H14FNO5. The van der Waals surface area contributed by atoms with Crippen LogP contribution in [0.5, 0.6) is 0 Å². The van der Waals surface area contributed by atoms with E-state index in [4.69, 9.17) is 5.11 Å². The second-order valence-corrected chi connectivity index (χ2v) is 5.77. The zero-order valence-corrected chi connectivity index (χ0v) is 13.6. The molecule has 0 unspecified atom stereocenters. The summed E-state index contributed by atoms with van der Waals surface area (Å²) in [7, 11) is 0. The van der Waals surface area contributed by atoms with Crippen LogP contribution in [-0.2, 0) is 9.59 Å². The number of aliphatic hydroxyl groups excluding tert-OH is 1. The molecule has 2 N–H and O–H groups in total. The molecule has 1 heterocycles. The van der Waals surface area contributed by atoms with Crippen molar-refractivity contribution in [1.82, 2.24) is 0 Å². The summed E-state index contributed by atoms with van der Waals surface area (Å²) < 4.78 is 14.4. The molecule has 0 radical (unpaired) electrons. The van der Waals surface area contributed by atoms with E-state index in [1.807, 2.05) is 0 Å². The molecule has 0 aliphatic carbocycles. The molecule has 0 aromatic heterocycles. The van der Waals surface area contributed by atoms with Crippen LogP contribution < -0.4 is 4.90 Å². The minimum Gasteiger partial charge on any atom is -0.503 e.